The van der Waals surface area contributed by atoms with Gasteiger partial charge in [-0.2, -0.15) is 13.2 Å². The summed E-state index contributed by atoms with van der Waals surface area (Å²) in [5.41, 5.74) is -3.32. The molecule has 0 aliphatic carbocycles. The van der Waals surface area contributed by atoms with Crippen LogP contribution in [0.4, 0.5) is 13.2 Å². The number of aliphatic carboxylic acids is 1. The first-order valence-corrected chi connectivity index (χ1v) is 6.54. The van der Waals surface area contributed by atoms with Gasteiger partial charge in [-0.05, 0) is 18.6 Å². The molecule has 0 saturated heterocycles. The number of halogens is 3. The molecule has 0 heterocycles. The number of hydrogen-bond donors (Lipinski definition) is 3. The van der Waals surface area contributed by atoms with E-state index in [0.717, 1.165) is 19.1 Å². The van der Waals surface area contributed by atoms with Crippen molar-refractivity contribution in [2.24, 2.45) is 5.92 Å². The molecule has 0 fully saturated rings. The third kappa shape index (κ3) is 4.46. The number of aliphatic hydroxyl groups excluding tert-OH is 1. The van der Waals surface area contributed by atoms with Gasteiger partial charge in [0.15, 0.2) is 0 Å². The highest BCUT2D eigenvalue weighted by Crippen LogP contribution is 2.37. The Morgan fingerprint density at radius 1 is 1.20 bits per heavy atom. The van der Waals surface area contributed by atoms with E-state index in [1.54, 1.807) is 0 Å². The number of aliphatic hydroxyl groups is 2. The minimum atomic E-state index is -4.84. The topological polar surface area (TPSA) is 138 Å². The summed E-state index contributed by atoms with van der Waals surface area (Å²) < 4.78 is 38.5. The van der Waals surface area contributed by atoms with Gasteiger partial charge in [-0.25, -0.2) is 0 Å². The minimum Gasteiger partial charge on any atom is -0.481 e. The van der Waals surface area contributed by atoms with E-state index < -0.39 is 57.5 Å². The van der Waals surface area contributed by atoms with Crippen molar-refractivity contribution in [3.8, 4) is 0 Å². The molecule has 0 saturated carbocycles. The lowest BCUT2D eigenvalue weighted by Gasteiger charge is -2.21. The summed E-state index contributed by atoms with van der Waals surface area (Å²) in [5.74, 6) is -9.22. The Labute approximate surface area is 138 Å². The summed E-state index contributed by atoms with van der Waals surface area (Å²) in [6.45, 7) is 0.769. The molecule has 0 radical (unpaired) electrons. The quantitative estimate of drug-likeness (QED) is 0.306. The van der Waals surface area contributed by atoms with Crippen LogP contribution in [-0.2, 0) is 15.8 Å². The van der Waals surface area contributed by atoms with Crippen molar-refractivity contribution in [1.82, 2.24) is 0 Å². The molecule has 1 aromatic rings. The normalized spacial score (nSPS) is 13.6. The lowest BCUT2D eigenvalue weighted by atomic mass is 9.81. The van der Waals surface area contributed by atoms with Crippen molar-refractivity contribution in [3.05, 3.63) is 57.1 Å². The standard InChI is InChI=1S/C14H12F3NO7/c1-6(19)9(12(20)21)10(11(13(22)23)18(24)25)7-3-2-4-8(5-7)14(15,16)17/h2-5,9-10,22-23H,1H3,(H,20,21). The van der Waals surface area contributed by atoms with Gasteiger partial charge in [0, 0.05) is 0 Å². The van der Waals surface area contributed by atoms with Crippen LogP contribution in [0.3, 0.4) is 0 Å². The maximum Gasteiger partial charge on any atom is 0.416 e. The maximum atomic E-state index is 12.8. The van der Waals surface area contributed by atoms with Crippen LogP contribution in [0.5, 0.6) is 0 Å². The number of nitrogens with zero attached hydrogens (tertiary/aromatic N) is 1. The van der Waals surface area contributed by atoms with E-state index in [9.17, 15) is 32.9 Å². The van der Waals surface area contributed by atoms with Gasteiger partial charge >= 0.3 is 23.8 Å². The Morgan fingerprint density at radius 3 is 2.12 bits per heavy atom. The number of nitro groups is 1. The van der Waals surface area contributed by atoms with Crippen molar-refractivity contribution in [3.63, 3.8) is 0 Å². The average molecular weight is 363 g/mol. The van der Waals surface area contributed by atoms with Crippen molar-refractivity contribution in [2.75, 3.05) is 0 Å². The number of carboxylic acids is 1. The highest BCUT2D eigenvalue weighted by Gasteiger charge is 2.45. The van der Waals surface area contributed by atoms with Crippen molar-refractivity contribution in [2.45, 2.75) is 19.0 Å². The fourth-order valence-electron chi connectivity index (χ4n) is 2.30. The molecule has 0 aromatic heterocycles. The molecule has 0 bridgehead atoms. The molecule has 0 aliphatic heterocycles. The first-order valence-electron chi connectivity index (χ1n) is 6.54. The molecule has 0 spiro atoms. The van der Waals surface area contributed by atoms with Crippen LogP contribution < -0.4 is 0 Å². The summed E-state index contributed by atoms with van der Waals surface area (Å²) in [5, 5.41) is 38.5. The number of carbonyl (C=O) groups is 2. The average Bonchev–Trinajstić information content (AvgIpc) is 2.44. The van der Waals surface area contributed by atoms with E-state index in [0.29, 0.717) is 12.1 Å². The zero-order valence-electron chi connectivity index (χ0n) is 12.5. The molecule has 3 N–H and O–H groups in total. The molecule has 136 valence electrons. The Balaban J connectivity index is 3.74. The van der Waals surface area contributed by atoms with E-state index in [1.165, 1.54) is 0 Å². The predicted molar refractivity (Wildman–Crippen MR) is 75.3 cm³/mol. The molecular formula is C14H12F3NO7. The molecule has 0 aliphatic rings. The Kier molecular flexibility index (Phi) is 5.74. The van der Waals surface area contributed by atoms with Gasteiger partial charge in [-0.1, -0.05) is 18.2 Å². The SMILES string of the molecule is CC(=O)C(C(=O)O)C(C(=C(O)O)[N+](=O)[O-])c1cccc(C(F)(F)F)c1. The zero-order valence-corrected chi connectivity index (χ0v) is 12.5. The third-order valence-electron chi connectivity index (χ3n) is 3.33. The maximum absolute atomic E-state index is 12.8. The molecule has 11 heteroatoms. The second-order valence-electron chi connectivity index (χ2n) is 4.99. The van der Waals surface area contributed by atoms with Crippen LogP contribution in [0.1, 0.15) is 24.0 Å². The summed E-state index contributed by atoms with van der Waals surface area (Å²) in [6.07, 6.45) is -4.84. The van der Waals surface area contributed by atoms with Crippen molar-refractivity contribution in [1.29, 1.82) is 0 Å². The van der Waals surface area contributed by atoms with Crippen LogP contribution in [0.2, 0.25) is 0 Å². The van der Waals surface area contributed by atoms with Crippen LogP contribution >= 0.6 is 0 Å². The van der Waals surface area contributed by atoms with Crippen LogP contribution in [0.15, 0.2) is 35.9 Å². The molecule has 8 nitrogen and oxygen atoms in total. The lowest BCUT2D eigenvalue weighted by molar-refractivity contribution is -0.436. The van der Waals surface area contributed by atoms with E-state index in [-0.39, 0.29) is 0 Å². The highest BCUT2D eigenvalue weighted by atomic mass is 19.4. The van der Waals surface area contributed by atoms with Crippen LogP contribution in [-0.4, -0.2) is 32.0 Å². The van der Waals surface area contributed by atoms with E-state index in [2.05, 4.69) is 0 Å². The smallest absolute Gasteiger partial charge is 0.416 e. The number of allylic oxidation sites excluding steroid dienone is 1. The largest absolute Gasteiger partial charge is 0.481 e. The number of carboxylic acid groups (broad SMARTS) is 1. The third-order valence-corrected chi connectivity index (χ3v) is 3.33. The predicted octanol–water partition coefficient (Wildman–Crippen LogP) is 2.64. The van der Waals surface area contributed by atoms with Crippen molar-refractivity contribution < 1.29 is 43.0 Å². The van der Waals surface area contributed by atoms with Crippen LogP contribution in [0.25, 0.3) is 0 Å². The minimum absolute atomic E-state index is 0.413. The molecular weight excluding hydrogens is 351 g/mol. The van der Waals surface area contributed by atoms with Gasteiger partial charge in [0.2, 0.25) is 0 Å². The van der Waals surface area contributed by atoms with Crippen molar-refractivity contribution >= 4 is 11.8 Å². The molecule has 25 heavy (non-hydrogen) atoms. The second-order valence-corrected chi connectivity index (χ2v) is 4.99. The van der Waals surface area contributed by atoms with E-state index in [1.807, 2.05) is 0 Å². The molecule has 1 aromatic carbocycles. The molecule has 2 unspecified atom stereocenters. The monoisotopic (exact) mass is 363 g/mol. The van der Waals surface area contributed by atoms with Gasteiger partial charge in [0.05, 0.1) is 10.5 Å². The summed E-state index contributed by atoms with van der Waals surface area (Å²) in [6, 6.07) is 2.83. The Hall–Kier alpha value is -3.11. The van der Waals surface area contributed by atoms with Crippen LogP contribution in [0, 0.1) is 16.0 Å². The first kappa shape index (κ1) is 19.9. The summed E-state index contributed by atoms with van der Waals surface area (Å²) >= 11 is 0. The number of alkyl halides is 3. The zero-order chi connectivity index (χ0) is 19.5. The highest BCUT2D eigenvalue weighted by molar-refractivity contribution is 5.98. The van der Waals surface area contributed by atoms with Gasteiger partial charge < -0.3 is 15.3 Å². The lowest BCUT2D eigenvalue weighted by Crippen LogP contribution is -2.32. The Morgan fingerprint density at radius 2 is 1.76 bits per heavy atom. The number of hydrogen-bond acceptors (Lipinski definition) is 6. The number of Topliss-reactive ketones (excluding diaryl/α,β-unsaturated/α-hetero) is 1. The first-order chi connectivity index (χ1) is 11.4. The summed E-state index contributed by atoms with van der Waals surface area (Å²) in [4.78, 5) is 32.7. The molecule has 1 rings (SSSR count). The molecule has 2 atom stereocenters. The van der Waals surface area contributed by atoms with Gasteiger partial charge in [-0.15, -0.1) is 0 Å². The van der Waals surface area contributed by atoms with Gasteiger partial charge in [-0.3, -0.25) is 19.7 Å². The molecule has 0 amide bonds. The summed E-state index contributed by atoms with van der Waals surface area (Å²) in [7, 11) is 0. The van der Waals surface area contributed by atoms with Gasteiger partial charge in [0.25, 0.3) is 0 Å². The van der Waals surface area contributed by atoms with E-state index >= 15 is 0 Å². The fraction of sp³-hybridized carbons (Fsp3) is 0.286. The van der Waals surface area contributed by atoms with Gasteiger partial charge in [0.1, 0.15) is 17.6 Å². The number of ketones is 1. The van der Waals surface area contributed by atoms with E-state index in [4.69, 9.17) is 15.3 Å². The number of benzene rings is 1. The number of carbonyl (C=O) groups excluding carboxylic acids is 1. The Bertz CT molecular complexity index is 724. The fourth-order valence-corrected chi connectivity index (χ4v) is 2.30. The number of rotatable bonds is 6. The second kappa shape index (κ2) is 7.20.